The molecular weight excluding hydrogens is 244 g/mol. The topological polar surface area (TPSA) is 63.8 Å². The van der Waals surface area contributed by atoms with Crippen molar-refractivity contribution in [2.45, 2.75) is 62.6 Å². The third kappa shape index (κ3) is 3.14. The highest BCUT2D eigenvalue weighted by Gasteiger charge is 2.18. The predicted molar refractivity (Wildman–Crippen MR) is 76.7 cm³/mol. The summed E-state index contributed by atoms with van der Waals surface area (Å²) in [7, 11) is 0. The average molecular weight is 266 g/mol. The van der Waals surface area contributed by atoms with Crippen LogP contribution in [-0.4, -0.2) is 15.2 Å². The summed E-state index contributed by atoms with van der Waals surface area (Å²) in [4.78, 5) is 9.05. The molecule has 2 rings (SSSR count). The molecule has 0 radical (unpaired) electrons. The third-order valence-corrected chi connectivity index (χ3v) is 4.86. The number of nitrogens with zero attached hydrogens (tertiary/aromatic N) is 2. The fourth-order valence-corrected chi connectivity index (χ4v) is 3.61. The van der Waals surface area contributed by atoms with Gasteiger partial charge in [-0.3, -0.25) is 0 Å². The first kappa shape index (κ1) is 13.6. The van der Waals surface area contributed by atoms with E-state index in [2.05, 4.69) is 22.3 Å². The van der Waals surface area contributed by atoms with Crippen LogP contribution in [0.2, 0.25) is 0 Å². The predicted octanol–water partition coefficient (Wildman–Crippen LogP) is 3.06. The number of aryl methyl sites for hydroxylation is 1. The van der Waals surface area contributed by atoms with Crippen molar-refractivity contribution in [1.82, 2.24) is 9.97 Å². The van der Waals surface area contributed by atoms with Crippen LogP contribution in [0.1, 0.15) is 50.4 Å². The largest absolute Gasteiger partial charge is 0.308 e. The fraction of sp³-hybridized carbons (Fsp3) is 0.692. The van der Waals surface area contributed by atoms with Crippen LogP contribution in [0.15, 0.2) is 5.03 Å². The highest BCUT2D eigenvalue weighted by Crippen LogP contribution is 2.35. The number of nitrogens with two attached hydrogens (primary N) is 1. The maximum Gasteiger partial charge on any atom is 0.147 e. The zero-order valence-corrected chi connectivity index (χ0v) is 12.0. The van der Waals surface area contributed by atoms with E-state index in [1.165, 1.54) is 32.1 Å². The Labute approximate surface area is 113 Å². The lowest BCUT2D eigenvalue weighted by molar-refractivity contribution is 0.515. The Balaban J connectivity index is 2.19. The highest BCUT2D eigenvalue weighted by molar-refractivity contribution is 7.99. The molecule has 0 spiro atoms. The zero-order valence-electron chi connectivity index (χ0n) is 11.2. The second-order valence-electron chi connectivity index (χ2n) is 4.79. The number of nitrogen functional groups attached to an aromatic ring is 1. The molecule has 1 fully saturated rings. The van der Waals surface area contributed by atoms with Crippen LogP contribution in [0, 0.1) is 6.92 Å². The van der Waals surface area contributed by atoms with Gasteiger partial charge in [0.25, 0.3) is 0 Å². The molecule has 0 aromatic carbocycles. The normalized spacial score (nSPS) is 16.8. The van der Waals surface area contributed by atoms with Crippen molar-refractivity contribution < 1.29 is 0 Å². The standard InChI is InChI=1S/C13H22N4S/c1-3-11-15-12(17-14)9(2)13(16-11)18-10-7-5-4-6-8-10/h10H,3-8,14H2,1-2H3,(H,15,16,17). The Morgan fingerprint density at radius 1 is 1.28 bits per heavy atom. The van der Waals surface area contributed by atoms with E-state index in [0.717, 1.165) is 28.7 Å². The first-order valence-corrected chi connectivity index (χ1v) is 7.63. The van der Waals surface area contributed by atoms with Crippen molar-refractivity contribution in [1.29, 1.82) is 0 Å². The first-order valence-electron chi connectivity index (χ1n) is 6.75. The van der Waals surface area contributed by atoms with Gasteiger partial charge in [-0.2, -0.15) is 0 Å². The molecule has 1 aromatic heterocycles. The summed E-state index contributed by atoms with van der Waals surface area (Å²) < 4.78 is 0. The monoisotopic (exact) mass is 266 g/mol. The number of anilines is 1. The summed E-state index contributed by atoms with van der Waals surface area (Å²) in [6.45, 7) is 4.11. The van der Waals surface area contributed by atoms with Crippen molar-refractivity contribution in [3.63, 3.8) is 0 Å². The third-order valence-electron chi connectivity index (χ3n) is 3.43. The van der Waals surface area contributed by atoms with Gasteiger partial charge in [-0.15, -0.1) is 11.8 Å². The second kappa shape index (κ2) is 6.38. The van der Waals surface area contributed by atoms with Gasteiger partial charge < -0.3 is 5.43 Å². The van der Waals surface area contributed by atoms with Crippen LogP contribution in [0.25, 0.3) is 0 Å². The number of rotatable bonds is 4. The van der Waals surface area contributed by atoms with Crippen LogP contribution in [0.5, 0.6) is 0 Å². The minimum absolute atomic E-state index is 0.711. The van der Waals surface area contributed by atoms with Gasteiger partial charge in [-0.25, -0.2) is 15.8 Å². The van der Waals surface area contributed by atoms with Crippen LogP contribution >= 0.6 is 11.8 Å². The van der Waals surface area contributed by atoms with E-state index in [1.807, 2.05) is 18.7 Å². The van der Waals surface area contributed by atoms with Crippen LogP contribution in [0.4, 0.5) is 5.82 Å². The van der Waals surface area contributed by atoms with E-state index in [1.54, 1.807) is 0 Å². The van der Waals surface area contributed by atoms with Crippen molar-refractivity contribution in [3.8, 4) is 0 Å². The lowest BCUT2D eigenvalue weighted by atomic mass is 10.0. The van der Waals surface area contributed by atoms with E-state index >= 15 is 0 Å². The molecule has 1 saturated carbocycles. The first-order chi connectivity index (χ1) is 8.74. The fourth-order valence-electron chi connectivity index (χ4n) is 2.29. The van der Waals surface area contributed by atoms with E-state index < -0.39 is 0 Å². The Kier molecular flexibility index (Phi) is 4.83. The van der Waals surface area contributed by atoms with Gasteiger partial charge in [0.2, 0.25) is 0 Å². The summed E-state index contributed by atoms with van der Waals surface area (Å²) in [6, 6.07) is 0. The molecule has 3 N–H and O–H groups in total. The van der Waals surface area contributed by atoms with E-state index in [9.17, 15) is 0 Å². The Morgan fingerprint density at radius 3 is 2.61 bits per heavy atom. The molecule has 1 aromatic rings. The minimum Gasteiger partial charge on any atom is -0.308 e. The number of hydrogen-bond acceptors (Lipinski definition) is 5. The maximum absolute atomic E-state index is 5.53. The van der Waals surface area contributed by atoms with Crippen LogP contribution in [0.3, 0.4) is 0 Å². The molecule has 0 atom stereocenters. The lowest BCUT2D eigenvalue weighted by Crippen LogP contribution is -2.14. The molecule has 1 heterocycles. The van der Waals surface area contributed by atoms with E-state index in [-0.39, 0.29) is 0 Å². The highest BCUT2D eigenvalue weighted by atomic mass is 32.2. The molecule has 0 amide bonds. The van der Waals surface area contributed by atoms with Gasteiger partial charge in [0.1, 0.15) is 16.7 Å². The molecule has 1 aliphatic carbocycles. The number of aromatic nitrogens is 2. The molecule has 4 nitrogen and oxygen atoms in total. The van der Waals surface area contributed by atoms with Gasteiger partial charge in [-0.1, -0.05) is 26.2 Å². The Bertz CT molecular complexity index is 402. The molecular formula is C13H22N4S. The summed E-state index contributed by atoms with van der Waals surface area (Å²) in [6.07, 6.45) is 7.54. The molecule has 0 unspecified atom stereocenters. The second-order valence-corrected chi connectivity index (χ2v) is 6.08. The number of thioether (sulfide) groups is 1. The molecule has 0 bridgehead atoms. The average Bonchev–Trinajstić information content (AvgIpc) is 2.42. The SMILES string of the molecule is CCc1nc(NN)c(C)c(SC2CCCCC2)n1. The lowest BCUT2D eigenvalue weighted by Gasteiger charge is -2.21. The molecule has 100 valence electrons. The quantitative estimate of drug-likeness (QED) is 0.498. The van der Waals surface area contributed by atoms with E-state index in [0.29, 0.717) is 5.25 Å². The van der Waals surface area contributed by atoms with Crippen molar-refractivity contribution >= 4 is 17.6 Å². The van der Waals surface area contributed by atoms with Crippen LogP contribution in [-0.2, 0) is 6.42 Å². The summed E-state index contributed by atoms with van der Waals surface area (Å²) in [5.41, 5.74) is 3.76. The van der Waals surface area contributed by atoms with Crippen molar-refractivity contribution in [3.05, 3.63) is 11.4 Å². The molecule has 0 aliphatic heterocycles. The smallest absolute Gasteiger partial charge is 0.147 e. The molecule has 5 heteroatoms. The summed E-state index contributed by atoms with van der Waals surface area (Å²) >= 11 is 1.90. The molecule has 0 saturated heterocycles. The summed E-state index contributed by atoms with van der Waals surface area (Å²) in [5.74, 6) is 7.16. The van der Waals surface area contributed by atoms with Crippen molar-refractivity contribution in [2.24, 2.45) is 5.84 Å². The van der Waals surface area contributed by atoms with Gasteiger partial charge in [0.05, 0.1) is 0 Å². The van der Waals surface area contributed by atoms with Crippen molar-refractivity contribution in [2.75, 3.05) is 5.43 Å². The Hall–Kier alpha value is -0.810. The maximum atomic E-state index is 5.53. The number of hydrazine groups is 1. The number of hydrogen-bond donors (Lipinski definition) is 2. The van der Waals surface area contributed by atoms with Crippen LogP contribution < -0.4 is 11.3 Å². The molecule has 1 aliphatic rings. The van der Waals surface area contributed by atoms with Gasteiger partial charge in [0, 0.05) is 17.2 Å². The Morgan fingerprint density at radius 2 is 2.00 bits per heavy atom. The zero-order chi connectivity index (χ0) is 13.0. The van der Waals surface area contributed by atoms with Gasteiger partial charge in [0.15, 0.2) is 0 Å². The minimum atomic E-state index is 0.711. The van der Waals surface area contributed by atoms with Gasteiger partial charge >= 0.3 is 0 Å². The summed E-state index contributed by atoms with van der Waals surface area (Å²) in [5, 5.41) is 1.81. The molecule has 18 heavy (non-hydrogen) atoms. The number of nitrogens with one attached hydrogen (secondary N) is 1. The van der Waals surface area contributed by atoms with E-state index in [4.69, 9.17) is 5.84 Å². The van der Waals surface area contributed by atoms with Gasteiger partial charge in [-0.05, 0) is 19.8 Å².